The molecule has 0 spiro atoms. The zero-order valence-corrected chi connectivity index (χ0v) is 11.5. The Kier molecular flexibility index (Phi) is 3.89. The Labute approximate surface area is 121 Å². The van der Waals surface area contributed by atoms with Crippen LogP contribution in [0.4, 0.5) is 25.8 Å². The van der Waals surface area contributed by atoms with Crippen LogP contribution in [0, 0.1) is 11.6 Å². The van der Waals surface area contributed by atoms with Gasteiger partial charge in [0.25, 0.3) is 0 Å². The molecule has 0 amide bonds. The highest BCUT2D eigenvalue weighted by molar-refractivity contribution is 9.10. The number of benzene rings is 2. The fourth-order valence-corrected chi connectivity index (χ4v) is 1.94. The summed E-state index contributed by atoms with van der Waals surface area (Å²) >= 11 is 2.87. The number of hydrogen-bond donors (Lipinski definition) is 3. The predicted octanol–water partition coefficient (Wildman–Crippen LogP) is 3.75. The zero-order valence-electron chi connectivity index (χ0n) is 9.95. The third-order valence-electron chi connectivity index (χ3n) is 2.62. The van der Waals surface area contributed by atoms with E-state index in [0.717, 1.165) is 12.1 Å². The predicted molar refractivity (Wildman–Crippen MR) is 75.2 cm³/mol. The number of para-hydroxylation sites is 1. The minimum Gasteiger partial charge on any atom is -0.478 e. The van der Waals surface area contributed by atoms with Crippen molar-refractivity contribution >= 4 is 39.0 Å². The molecule has 0 heterocycles. The molecule has 20 heavy (non-hydrogen) atoms. The zero-order chi connectivity index (χ0) is 14.9. The molecule has 0 radical (unpaired) electrons. The first-order valence-electron chi connectivity index (χ1n) is 5.43. The molecule has 4 N–H and O–H groups in total. The summed E-state index contributed by atoms with van der Waals surface area (Å²) in [5.41, 5.74) is 5.56. The van der Waals surface area contributed by atoms with Crippen molar-refractivity contribution in [1.82, 2.24) is 0 Å². The van der Waals surface area contributed by atoms with Crippen molar-refractivity contribution in [3.63, 3.8) is 0 Å². The molecule has 0 aliphatic carbocycles. The number of nitrogens with two attached hydrogens (primary N) is 1. The topological polar surface area (TPSA) is 75.3 Å². The van der Waals surface area contributed by atoms with E-state index in [4.69, 9.17) is 10.8 Å². The maximum absolute atomic E-state index is 13.7. The van der Waals surface area contributed by atoms with Gasteiger partial charge >= 0.3 is 5.97 Å². The van der Waals surface area contributed by atoms with Crippen LogP contribution in [0.5, 0.6) is 0 Å². The highest BCUT2D eigenvalue weighted by atomic mass is 79.9. The number of carboxylic acids is 1. The van der Waals surface area contributed by atoms with Crippen LogP contribution in [-0.4, -0.2) is 11.1 Å². The van der Waals surface area contributed by atoms with E-state index >= 15 is 0 Å². The van der Waals surface area contributed by atoms with Gasteiger partial charge in [-0.1, -0.05) is 6.07 Å². The molecule has 7 heteroatoms. The summed E-state index contributed by atoms with van der Waals surface area (Å²) in [6, 6.07) is 6.17. The van der Waals surface area contributed by atoms with E-state index in [1.807, 2.05) is 0 Å². The summed E-state index contributed by atoms with van der Waals surface area (Å²) < 4.78 is 27.1. The average Bonchev–Trinajstić information content (AvgIpc) is 2.37. The number of aromatic carboxylic acids is 1. The van der Waals surface area contributed by atoms with Gasteiger partial charge in [-0.3, -0.25) is 0 Å². The summed E-state index contributed by atoms with van der Waals surface area (Å²) in [5, 5.41) is 11.5. The highest BCUT2D eigenvalue weighted by Crippen LogP contribution is 2.30. The molecule has 0 aliphatic heterocycles. The number of nitrogen functional groups attached to an aromatic ring is 1. The van der Waals surface area contributed by atoms with Crippen molar-refractivity contribution in [3.8, 4) is 0 Å². The van der Waals surface area contributed by atoms with Crippen molar-refractivity contribution in [3.05, 3.63) is 52.0 Å². The van der Waals surface area contributed by atoms with Gasteiger partial charge in [0.05, 0.1) is 27.1 Å². The number of halogens is 3. The maximum Gasteiger partial charge on any atom is 0.337 e. The molecule has 4 nitrogen and oxygen atoms in total. The van der Waals surface area contributed by atoms with Crippen LogP contribution in [0.15, 0.2) is 34.8 Å². The summed E-state index contributed by atoms with van der Waals surface area (Å²) in [6.45, 7) is 0. The molecule has 0 aromatic heterocycles. The Balaban J connectivity index is 2.43. The lowest BCUT2D eigenvalue weighted by Crippen LogP contribution is -2.06. The van der Waals surface area contributed by atoms with Gasteiger partial charge in [-0.2, -0.15) is 0 Å². The van der Waals surface area contributed by atoms with Crippen LogP contribution in [-0.2, 0) is 0 Å². The number of rotatable bonds is 3. The van der Waals surface area contributed by atoms with Crippen LogP contribution < -0.4 is 11.1 Å². The van der Waals surface area contributed by atoms with Crippen molar-refractivity contribution in [2.45, 2.75) is 0 Å². The first kappa shape index (κ1) is 14.3. The Morgan fingerprint density at radius 3 is 2.55 bits per heavy atom. The van der Waals surface area contributed by atoms with Crippen molar-refractivity contribution in [2.75, 3.05) is 11.1 Å². The first-order chi connectivity index (χ1) is 9.40. The average molecular weight is 343 g/mol. The van der Waals surface area contributed by atoms with Gasteiger partial charge < -0.3 is 16.2 Å². The lowest BCUT2D eigenvalue weighted by Gasteiger charge is -2.12. The van der Waals surface area contributed by atoms with E-state index in [-0.39, 0.29) is 27.1 Å². The number of carbonyl (C=O) groups is 1. The number of hydrogen-bond acceptors (Lipinski definition) is 3. The fourth-order valence-electron chi connectivity index (χ4n) is 1.62. The monoisotopic (exact) mass is 342 g/mol. The molecule has 0 aliphatic rings. The Bertz CT molecular complexity index is 692. The molecular weight excluding hydrogens is 334 g/mol. The van der Waals surface area contributed by atoms with Gasteiger partial charge in [-0.25, -0.2) is 13.6 Å². The molecule has 2 aromatic carbocycles. The second kappa shape index (κ2) is 5.46. The van der Waals surface area contributed by atoms with Gasteiger partial charge in [-0.05, 0) is 34.1 Å². The summed E-state index contributed by atoms with van der Waals surface area (Å²) in [5.74, 6) is -2.55. The molecular formula is C13H9BrF2N2O2. The van der Waals surface area contributed by atoms with Gasteiger partial charge in [0.1, 0.15) is 11.6 Å². The largest absolute Gasteiger partial charge is 0.478 e. The molecule has 0 saturated carbocycles. The van der Waals surface area contributed by atoms with Crippen molar-refractivity contribution in [1.29, 1.82) is 0 Å². The second-order valence-electron chi connectivity index (χ2n) is 3.94. The fraction of sp³-hybridized carbons (Fsp3) is 0. The minimum absolute atomic E-state index is 0.00666. The van der Waals surface area contributed by atoms with E-state index in [9.17, 15) is 13.6 Å². The SMILES string of the molecule is Nc1c(Nc2cc(F)c(Br)cc2F)cccc1C(=O)O. The molecule has 0 fully saturated rings. The highest BCUT2D eigenvalue weighted by Gasteiger charge is 2.13. The normalized spacial score (nSPS) is 10.3. The quantitative estimate of drug-likeness (QED) is 0.586. The van der Waals surface area contributed by atoms with Gasteiger partial charge in [0.15, 0.2) is 0 Å². The second-order valence-corrected chi connectivity index (χ2v) is 4.80. The van der Waals surface area contributed by atoms with Crippen molar-refractivity contribution < 1.29 is 18.7 Å². The molecule has 2 rings (SSSR count). The Morgan fingerprint density at radius 1 is 1.20 bits per heavy atom. The van der Waals surface area contributed by atoms with E-state index in [1.54, 1.807) is 0 Å². The van der Waals surface area contributed by atoms with E-state index in [1.165, 1.54) is 18.2 Å². The number of anilines is 3. The standard InChI is InChI=1S/C13H9BrF2N2O2/c14-7-4-9(16)11(5-8(7)15)18-10-3-1-2-6(12(10)17)13(19)20/h1-5,18H,17H2,(H,19,20). The van der Waals surface area contributed by atoms with Crippen LogP contribution in [0.1, 0.15) is 10.4 Å². The lowest BCUT2D eigenvalue weighted by atomic mass is 10.1. The maximum atomic E-state index is 13.7. The smallest absolute Gasteiger partial charge is 0.337 e. The van der Waals surface area contributed by atoms with E-state index < -0.39 is 17.6 Å². The summed E-state index contributed by atoms with van der Waals surface area (Å²) in [4.78, 5) is 10.9. The number of carboxylic acid groups (broad SMARTS) is 1. The van der Waals surface area contributed by atoms with Gasteiger partial charge in [-0.15, -0.1) is 0 Å². The van der Waals surface area contributed by atoms with Crippen molar-refractivity contribution in [2.24, 2.45) is 0 Å². The summed E-state index contributed by atoms with van der Waals surface area (Å²) in [6.07, 6.45) is 0. The molecule has 0 saturated heterocycles. The van der Waals surface area contributed by atoms with E-state index in [0.29, 0.717) is 0 Å². The number of nitrogens with one attached hydrogen (secondary N) is 1. The molecule has 104 valence electrons. The molecule has 0 atom stereocenters. The Hall–Kier alpha value is -2.15. The third kappa shape index (κ3) is 2.72. The third-order valence-corrected chi connectivity index (χ3v) is 3.22. The van der Waals surface area contributed by atoms with Crippen LogP contribution in [0.25, 0.3) is 0 Å². The van der Waals surface area contributed by atoms with Crippen LogP contribution in [0.3, 0.4) is 0 Å². The van der Waals surface area contributed by atoms with Crippen LogP contribution >= 0.6 is 15.9 Å². The van der Waals surface area contributed by atoms with E-state index in [2.05, 4.69) is 21.2 Å². The lowest BCUT2D eigenvalue weighted by molar-refractivity contribution is 0.0698. The van der Waals surface area contributed by atoms with Crippen LogP contribution in [0.2, 0.25) is 0 Å². The van der Waals surface area contributed by atoms with Gasteiger partial charge in [0.2, 0.25) is 0 Å². The molecule has 0 unspecified atom stereocenters. The molecule has 2 aromatic rings. The Morgan fingerprint density at radius 2 is 1.90 bits per heavy atom. The minimum atomic E-state index is -1.20. The summed E-state index contributed by atoms with van der Waals surface area (Å²) in [7, 11) is 0. The van der Waals surface area contributed by atoms with Gasteiger partial charge in [0, 0.05) is 6.07 Å². The molecule has 0 bridgehead atoms. The first-order valence-corrected chi connectivity index (χ1v) is 6.23.